The quantitative estimate of drug-likeness (QED) is 0.614. The van der Waals surface area contributed by atoms with E-state index in [2.05, 4.69) is 24.6 Å². The fourth-order valence-corrected chi connectivity index (χ4v) is 3.74. The van der Waals surface area contributed by atoms with Crippen LogP contribution in [0.1, 0.15) is 26.2 Å². The van der Waals surface area contributed by atoms with Crippen LogP contribution >= 0.6 is 10.0 Å². The molecule has 0 atom stereocenters. The summed E-state index contributed by atoms with van der Waals surface area (Å²) in [6, 6.07) is 0. The first-order valence-corrected chi connectivity index (χ1v) is 7.36. The van der Waals surface area contributed by atoms with Crippen molar-refractivity contribution in [3.05, 3.63) is 4.91 Å². The Labute approximate surface area is 76.4 Å². The summed E-state index contributed by atoms with van der Waals surface area (Å²) in [6.45, 7) is 2.08. The molecule has 1 fully saturated rings. The molecule has 3 heteroatoms. The van der Waals surface area contributed by atoms with Crippen LogP contribution in [-0.4, -0.2) is 29.6 Å². The van der Waals surface area contributed by atoms with Crippen LogP contribution in [0.25, 0.3) is 0 Å². The lowest BCUT2D eigenvalue weighted by Crippen LogP contribution is -2.34. The predicted octanol–water partition coefficient (Wildman–Crippen LogP) is 2.76. The van der Waals surface area contributed by atoms with Crippen LogP contribution in [0.15, 0.2) is 5.18 Å². The molecule has 1 saturated heterocycles. The summed E-state index contributed by atoms with van der Waals surface area (Å²) in [4.78, 5) is 10.7. The average Bonchev–Trinajstić information content (AvgIpc) is 2.06. The second-order valence-electron chi connectivity index (χ2n) is 4.34. The normalized spacial score (nSPS) is 29.2. The van der Waals surface area contributed by atoms with Crippen molar-refractivity contribution < 1.29 is 0 Å². The molecule has 1 aliphatic rings. The van der Waals surface area contributed by atoms with Crippen LogP contribution in [0.5, 0.6) is 0 Å². The predicted molar refractivity (Wildman–Crippen MR) is 57.2 cm³/mol. The van der Waals surface area contributed by atoms with E-state index in [1.165, 1.54) is 11.5 Å². The van der Waals surface area contributed by atoms with Gasteiger partial charge >= 0.3 is 0 Å². The van der Waals surface area contributed by atoms with Crippen molar-refractivity contribution in [2.75, 3.05) is 24.0 Å². The molecule has 1 aliphatic heterocycles. The van der Waals surface area contributed by atoms with Crippen LogP contribution in [0.2, 0.25) is 0 Å². The van der Waals surface area contributed by atoms with Gasteiger partial charge in [0.15, 0.2) is 0 Å². The Balaban J connectivity index is 2.59. The third kappa shape index (κ3) is 2.00. The van der Waals surface area contributed by atoms with Crippen molar-refractivity contribution in [1.82, 2.24) is 0 Å². The number of rotatable bonds is 2. The van der Waals surface area contributed by atoms with E-state index in [-0.39, 0.29) is 15.6 Å². The first-order valence-electron chi connectivity index (χ1n) is 4.57. The molecule has 0 bridgehead atoms. The Bertz CT molecular complexity index is 169. The monoisotopic (exact) mass is 189 g/mol. The van der Waals surface area contributed by atoms with Gasteiger partial charge in [0.25, 0.3) is 0 Å². The SMILES string of the molecule is CCC1(N=O)CCS(C)(C)CC1. The van der Waals surface area contributed by atoms with Gasteiger partial charge in [0.2, 0.25) is 0 Å². The number of hydrogen-bond acceptors (Lipinski definition) is 2. The van der Waals surface area contributed by atoms with Gasteiger partial charge in [-0.2, -0.15) is 4.91 Å². The maximum atomic E-state index is 10.7. The highest BCUT2D eigenvalue weighted by Crippen LogP contribution is 2.49. The second-order valence-corrected chi connectivity index (χ2v) is 8.70. The lowest BCUT2D eigenvalue weighted by atomic mass is 9.91. The molecule has 2 nitrogen and oxygen atoms in total. The molecule has 1 heterocycles. The third-order valence-electron chi connectivity index (χ3n) is 3.09. The third-order valence-corrected chi connectivity index (χ3v) is 5.71. The van der Waals surface area contributed by atoms with Crippen LogP contribution in [-0.2, 0) is 0 Å². The van der Waals surface area contributed by atoms with Gasteiger partial charge in [-0.25, -0.2) is 10.0 Å². The smallest absolute Gasteiger partial charge is 0.104 e. The van der Waals surface area contributed by atoms with E-state index in [0.29, 0.717) is 0 Å². The highest BCUT2D eigenvalue weighted by Gasteiger charge is 2.36. The molecule has 0 aromatic carbocycles. The lowest BCUT2D eigenvalue weighted by Gasteiger charge is -2.42. The Kier molecular flexibility index (Phi) is 2.81. The molecule has 0 amide bonds. The van der Waals surface area contributed by atoms with E-state index in [1.54, 1.807) is 0 Å². The fourth-order valence-electron chi connectivity index (χ4n) is 1.67. The van der Waals surface area contributed by atoms with E-state index in [1.807, 2.05) is 0 Å². The summed E-state index contributed by atoms with van der Waals surface area (Å²) >= 11 is 0. The summed E-state index contributed by atoms with van der Waals surface area (Å²) < 4.78 is 0. The molecule has 0 aromatic heterocycles. The van der Waals surface area contributed by atoms with Gasteiger partial charge in [-0.15, -0.1) is 0 Å². The van der Waals surface area contributed by atoms with E-state index in [0.717, 1.165) is 19.3 Å². The summed E-state index contributed by atoms with van der Waals surface area (Å²) in [7, 11) is -0.373. The van der Waals surface area contributed by atoms with Gasteiger partial charge in [0.05, 0.1) is 0 Å². The Morgan fingerprint density at radius 1 is 1.33 bits per heavy atom. The zero-order valence-electron chi connectivity index (χ0n) is 8.30. The van der Waals surface area contributed by atoms with Crippen molar-refractivity contribution >= 4 is 10.0 Å². The molecule has 0 saturated carbocycles. The van der Waals surface area contributed by atoms with Crippen molar-refractivity contribution in [2.45, 2.75) is 31.7 Å². The zero-order chi connectivity index (χ0) is 9.24. The first kappa shape index (κ1) is 10.0. The Morgan fingerprint density at radius 3 is 2.17 bits per heavy atom. The molecule has 12 heavy (non-hydrogen) atoms. The minimum Gasteiger partial charge on any atom is -0.247 e. The average molecular weight is 189 g/mol. The Morgan fingerprint density at radius 2 is 1.83 bits per heavy atom. The maximum Gasteiger partial charge on any atom is 0.104 e. The van der Waals surface area contributed by atoms with Gasteiger partial charge in [-0.3, -0.25) is 0 Å². The Hall–Kier alpha value is -0.0500. The highest BCUT2D eigenvalue weighted by atomic mass is 32.3. The van der Waals surface area contributed by atoms with Crippen molar-refractivity contribution in [3.8, 4) is 0 Å². The van der Waals surface area contributed by atoms with Gasteiger partial charge in [-0.05, 0) is 43.3 Å². The summed E-state index contributed by atoms with van der Waals surface area (Å²) in [6.07, 6.45) is 7.69. The number of hydrogen-bond donors (Lipinski definition) is 0. The van der Waals surface area contributed by atoms with Gasteiger partial charge in [0, 0.05) is 0 Å². The van der Waals surface area contributed by atoms with Crippen LogP contribution in [0.4, 0.5) is 0 Å². The summed E-state index contributed by atoms with van der Waals surface area (Å²) in [5.74, 6) is 2.46. The molecular weight excluding hydrogens is 170 g/mol. The van der Waals surface area contributed by atoms with Crippen molar-refractivity contribution in [3.63, 3.8) is 0 Å². The number of nitrogens with zero attached hydrogens (tertiary/aromatic N) is 1. The van der Waals surface area contributed by atoms with E-state index >= 15 is 0 Å². The molecule has 0 aromatic rings. The topological polar surface area (TPSA) is 29.4 Å². The zero-order valence-corrected chi connectivity index (χ0v) is 9.12. The highest BCUT2D eigenvalue weighted by molar-refractivity contribution is 8.32. The van der Waals surface area contributed by atoms with E-state index < -0.39 is 0 Å². The first-order chi connectivity index (χ1) is 5.54. The minimum absolute atomic E-state index is 0.192. The maximum absolute atomic E-state index is 10.7. The largest absolute Gasteiger partial charge is 0.247 e. The molecule has 1 rings (SSSR count). The van der Waals surface area contributed by atoms with Crippen LogP contribution < -0.4 is 0 Å². The lowest BCUT2D eigenvalue weighted by molar-refractivity contribution is 0.378. The van der Waals surface area contributed by atoms with Crippen LogP contribution in [0.3, 0.4) is 0 Å². The molecule has 0 unspecified atom stereocenters. The van der Waals surface area contributed by atoms with Gasteiger partial charge in [-0.1, -0.05) is 12.1 Å². The second kappa shape index (κ2) is 3.36. The minimum atomic E-state index is -0.373. The standard InChI is InChI=1S/C9H19NOS/c1-4-9(10-11)5-7-12(2,3)8-6-9/h4-8H2,1-3H3. The van der Waals surface area contributed by atoms with Crippen LogP contribution in [0, 0.1) is 4.91 Å². The van der Waals surface area contributed by atoms with E-state index in [4.69, 9.17) is 0 Å². The molecular formula is C9H19NOS. The van der Waals surface area contributed by atoms with E-state index in [9.17, 15) is 4.91 Å². The van der Waals surface area contributed by atoms with Crippen molar-refractivity contribution in [1.29, 1.82) is 0 Å². The van der Waals surface area contributed by atoms with Gasteiger partial charge in [0.1, 0.15) is 5.54 Å². The van der Waals surface area contributed by atoms with Crippen molar-refractivity contribution in [2.24, 2.45) is 5.18 Å². The number of nitroso groups, excluding NO2 is 1. The molecule has 0 radical (unpaired) electrons. The summed E-state index contributed by atoms with van der Waals surface area (Å²) in [5, 5.41) is 3.33. The summed E-state index contributed by atoms with van der Waals surface area (Å²) in [5.41, 5.74) is -0.192. The fraction of sp³-hybridized carbons (Fsp3) is 1.00. The molecule has 0 N–H and O–H groups in total. The molecule has 0 spiro atoms. The molecule has 72 valence electrons. The molecule has 0 aliphatic carbocycles. The van der Waals surface area contributed by atoms with Gasteiger partial charge < -0.3 is 0 Å².